The van der Waals surface area contributed by atoms with Gasteiger partial charge in [-0.1, -0.05) is 29.8 Å². The zero-order valence-electron chi connectivity index (χ0n) is 16.6. The molecule has 0 heterocycles. The van der Waals surface area contributed by atoms with Gasteiger partial charge in [-0.25, -0.2) is 9.82 Å². The topological polar surface area (TPSA) is 79.8 Å². The van der Waals surface area contributed by atoms with Crippen molar-refractivity contribution < 1.29 is 18.7 Å². The molecule has 2 amide bonds. The van der Waals surface area contributed by atoms with E-state index in [-0.39, 0.29) is 18.3 Å². The zero-order chi connectivity index (χ0) is 22.2. The Bertz CT molecular complexity index is 1120. The summed E-state index contributed by atoms with van der Waals surface area (Å²) < 4.78 is 18.8. The van der Waals surface area contributed by atoms with Crippen molar-refractivity contribution in [3.8, 4) is 5.75 Å². The lowest BCUT2D eigenvalue weighted by Crippen LogP contribution is -2.18. The number of ether oxygens (including phenoxy) is 1. The molecular formula is C23H19ClFN3O3. The summed E-state index contributed by atoms with van der Waals surface area (Å²) in [5.74, 6) is -0.496. The lowest BCUT2D eigenvalue weighted by molar-refractivity contribution is -0.114. The van der Waals surface area contributed by atoms with E-state index in [9.17, 15) is 14.0 Å². The largest absolute Gasteiger partial charge is 0.488 e. The number of nitrogens with one attached hydrogen (secondary N) is 2. The maximum atomic E-state index is 13.0. The number of benzene rings is 3. The Hall–Kier alpha value is -3.71. The molecule has 6 nitrogen and oxygen atoms in total. The van der Waals surface area contributed by atoms with Crippen LogP contribution in [-0.4, -0.2) is 18.0 Å². The molecule has 3 aromatic carbocycles. The average molecular weight is 440 g/mol. The summed E-state index contributed by atoms with van der Waals surface area (Å²) in [5, 5.41) is 7.07. The fourth-order valence-corrected chi connectivity index (χ4v) is 2.84. The predicted molar refractivity (Wildman–Crippen MR) is 118 cm³/mol. The lowest BCUT2D eigenvalue weighted by atomic mass is 10.2. The van der Waals surface area contributed by atoms with Crippen LogP contribution < -0.4 is 15.5 Å². The van der Waals surface area contributed by atoms with E-state index in [0.29, 0.717) is 27.6 Å². The molecule has 0 fully saturated rings. The minimum atomic E-state index is -0.445. The van der Waals surface area contributed by atoms with Crippen LogP contribution in [0.4, 0.5) is 10.1 Å². The van der Waals surface area contributed by atoms with Gasteiger partial charge < -0.3 is 10.1 Å². The standard InChI is InChI=1S/C23H19ClFN3O3/c1-15(29)27-21-4-2-3-17(12-21)23(30)28-26-13-18-11-19(24)7-10-22(18)31-14-16-5-8-20(25)9-6-16/h2-13H,14H2,1H3,(H,27,29)(H,28,30). The number of anilines is 1. The van der Waals surface area contributed by atoms with Crippen molar-refractivity contribution in [2.24, 2.45) is 5.10 Å². The van der Waals surface area contributed by atoms with Gasteiger partial charge in [0.25, 0.3) is 5.91 Å². The monoisotopic (exact) mass is 439 g/mol. The molecule has 0 aliphatic rings. The normalized spacial score (nSPS) is 10.7. The second-order valence-corrected chi connectivity index (χ2v) is 6.99. The Labute approximate surface area is 183 Å². The number of nitrogens with zero attached hydrogens (tertiary/aromatic N) is 1. The third-order valence-electron chi connectivity index (χ3n) is 4.09. The van der Waals surface area contributed by atoms with Crippen molar-refractivity contribution in [1.82, 2.24) is 5.43 Å². The molecule has 2 N–H and O–H groups in total. The molecule has 0 bridgehead atoms. The molecule has 0 unspecified atom stereocenters. The smallest absolute Gasteiger partial charge is 0.271 e. The molecule has 0 aliphatic heterocycles. The van der Waals surface area contributed by atoms with E-state index in [1.807, 2.05) is 0 Å². The number of carbonyl (C=O) groups is 2. The zero-order valence-corrected chi connectivity index (χ0v) is 17.3. The first-order valence-electron chi connectivity index (χ1n) is 9.28. The Morgan fingerprint density at radius 3 is 2.61 bits per heavy atom. The van der Waals surface area contributed by atoms with Crippen molar-refractivity contribution in [1.29, 1.82) is 0 Å². The molecule has 0 atom stereocenters. The van der Waals surface area contributed by atoms with E-state index in [1.165, 1.54) is 25.3 Å². The average Bonchev–Trinajstić information content (AvgIpc) is 2.74. The molecule has 8 heteroatoms. The third-order valence-corrected chi connectivity index (χ3v) is 4.33. The summed E-state index contributed by atoms with van der Waals surface area (Å²) >= 11 is 6.07. The minimum absolute atomic E-state index is 0.227. The highest BCUT2D eigenvalue weighted by atomic mass is 35.5. The maximum absolute atomic E-state index is 13.0. The van der Waals surface area contributed by atoms with Gasteiger partial charge in [-0.3, -0.25) is 9.59 Å². The van der Waals surface area contributed by atoms with E-state index in [4.69, 9.17) is 16.3 Å². The number of halogens is 2. The fraction of sp³-hybridized carbons (Fsp3) is 0.0870. The van der Waals surface area contributed by atoms with Crippen LogP contribution in [0.1, 0.15) is 28.4 Å². The molecule has 0 radical (unpaired) electrons. The number of hydrazone groups is 1. The van der Waals surface area contributed by atoms with E-state index >= 15 is 0 Å². The highest BCUT2D eigenvalue weighted by Gasteiger charge is 2.07. The van der Waals surface area contributed by atoms with Crippen LogP contribution in [-0.2, 0) is 11.4 Å². The first-order chi connectivity index (χ1) is 14.9. The molecule has 0 aliphatic carbocycles. The number of hydrogen-bond acceptors (Lipinski definition) is 4. The van der Waals surface area contributed by atoms with Crippen LogP contribution in [0.15, 0.2) is 71.8 Å². The number of rotatable bonds is 7. The summed E-state index contributed by atoms with van der Waals surface area (Å²) in [6, 6.07) is 17.5. The second-order valence-electron chi connectivity index (χ2n) is 6.56. The van der Waals surface area contributed by atoms with Gasteiger partial charge in [0, 0.05) is 28.8 Å². The summed E-state index contributed by atoms with van der Waals surface area (Å²) in [6.45, 7) is 1.61. The van der Waals surface area contributed by atoms with E-state index in [1.54, 1.807) is 54.6 Å². The van der Waals surface area contributed by atoms with Crippen molar-refractivity contribution in [3.05, 3.63) is 94.3 Å². The maximum Gasteiger partial charge on any atom is 0.271 e. The van der Waals surface area contributed by atoms with Gasteiger partial charge in [-0.05, 0) is 54.1 Å². The molecule has 3 aromatic rings. The summed E-state index contributed by atoms with van der Waals surface area (Å²) in [6.07, 6.45) is 1.42. The third kappa shape index (κ3) is 6.65. The number of carbonyl (C=O) groups excluding carboxylic acids is 2. The summed E-state index contributed by atoms with van der Waals surface area (Å²) in [7, 11) is 0. The Morgan fingerprint density at radius 1 is 1.10 bits per heavy atom. The summed E-state index contributed by atoms with van der Waals surface area (Å²) in [5.41, 5.74) is 4.63. The van der Waals surface area contributed by atoms with Crippen LogP contribution in [0.3, 0.4) is 0 Å². The minimum Gasteiger partial charge on any atom is -0.488 e. The first kappa shape index (κ1) is 22.0. The predicted octanol–water partition coefficient (Wildman–Crippen LogP) is 4.78. The Kier molecular flexibility index (Phi) is 7.35. The van der Waals surface area contributed by atoms with Gasteiger partial charge >= 0.3 is 0 Å². The van der Waals surface area contributed by atoms with Crippen molar-refractivity contribution in [3.63, 3.8) is 0 Å². The first-order valence-corrected chi connectivity index (χ1v) is 9.66. The van der Waals surface area contributed by atoms with Gasteiger partial charge in [0.1, 0.15) is 18.2 Å². The summed E-state index contributed by atoms with van der Waals surface area (Å²) in [4.78, 5) is 23.5. The second kappa shape index (κ2) is 10.4. The number of amides is 2. The quantitative estimate of drug-likeness (QED) is 0.410. The van der Waals surface area contributed by atoms with E-state index in [0.717, 1.165) is 5.56 Å². The van der Waals surface area contributed by atoms with E-state index in [2.05, 4.69) is 15.8 Å². The van der Waals surface area contributed by atoms with E-state index < -0.39 is 5.91 Å². The Balaban J connectivity index is 1.67. The van der Waals surface area contributed by atoms with Gasteiger partial charge in [0.15, 0.2) is 0 Å². The SMILES string of the molecule is CC(=O)Nc1cccc(C(=O)NN=Cc2cc(Cl)ccc2OCc2ccc(F)cc2)c1. The van der Waals surface area contributed by atoms with Gasteiger partial charge in [0.2, 0.25) is 5.91 Å². The van der Waals surface area contributed by atoms with Gasteiger partial charge in [-0.2, -0.15) is 5.10 Å². The van der Waals surface area contributed by atoms with Crippen LogP contribution in [0.2, 0.25) is 5.02 Å². The number of hydrogen-bond donors (Lipinski definition) is 2. The molecule has 0 saturated carbocycles. The molecule has 158 valence electrons. The molecule has 0 spiro atoms. The highest BCUT2D eigenvalue weighted by Crippen LogP contribution is 2.22. The van der Waals surface area contributed by atoms with Crippen molar-refractivity contribution >= 4 is 35.3 Å². The van der Waals surface area contributed by atoms with Crippen molar-refractivity contribution in [2.75, 3.05) is 5.32 Å². The lowest BCUT2D eigenvalue weighted by Gasteiger charge is -2.10. The Morgan fingerprint density at radius 2 is 1.87 bits per heavy atom. The van der Waals surface area contributed by atoms with Crippen LogP contribution in [0.5, 0.6) is 5.75 Å². The van der Waals surface area contributed by atoms with Gasteiger partial charge in [-0.15, -0.1) is 0 Å². The molecule has 3 rings (SSSR count). The van der Waals surface area contributed by atoms with Crippen LogP contribution in [0, 0.1) is 5.82 Å². The highest BCUT2D eigenvalue weighted by molar-refractivity contribution is 6.30. The van der Waals surface area contributed by atoms with Gasteiger partial charge in [0.05, 0.1) is 6.21 Å². The molecule has 0 saturated heterocycles. The van der Waals surface area contributed by atoms with Crippen LogP contribution >= 0.6 is 11.6 Å². The fourth-order valence-electron chi connectivity index (χ4n) is 2.66. The van der Waals surface area contributed by atoms with Crippen molar-refractivity contribution in [2.45, 2.75) is 13.5 Å². The molecular weight excluding hydrogens is 421 g/mol. The molecule has 31 heavy (non-hydrogen) atoms. The van der Waals surface area contributed by atoms with Crippen LogP contribution in [0.25, 0.3) is 0 Å². The molecule has 0 aromatic heterocycles.